The molecular weight excluding hydrogens is 344 g/mol. The highest BCUT2D eigenvalue weighted by Gasteiger charge is 2.07. The van der Waals surface area contributed by atoms with Gasteiger partial charge in [-0.15, -0.1) is 0 Å². The number of rotatable bonds is 8. The fraction of sp³-hybridized carbons (Fsp3) is 0.286. The van der Waals surface area contributed by atoms with Crippen LogP contribution in [0.25, 0.3) is 0 Å². The number of hydrogen-bond donors (Lipinski definition) is 2. The smallest absolute Gasteiger partial charge is 0.166 e. The lowest BCUT2D eigenvalue weighted by atomic mass is 10.1. The maximum absolute atomic E-state index is 12.1. The molecule has 0 fully saturated rings. The number of carbonyl (C=O) groups excluding carboxylic acids is 2. The largest absolute Gasteiger partial charge is 0.362 e. The van der Waals surface area contributed by atoms with Gasteiger partial charge in [0.15, 0.2) is 16.7 Å². The number of nitrogens with one attached hydrogen (secondary N) is 2. The molecule has 2 N–H and O–H groups in total. The van der Waals surface area contributed by atoms with E-state index in [0.29, 0.717) is 42.2 Å². The topological polar surface area (TPSA) is 58.2 Å². The van der Waals surface area contributed by atoms with Crippen molar-refractivity contribution in [2.75, 3.05) is 13.1 Å². The van der Waals surface area contributed by atoms with Crippen LogP contribution in [0.15, 0.2) is 48.5 Å². The Labute approximate surface area is 160 Å². The molecule has 0 aliphatic carbocycles. The normalized spacial score (nSPS) is 10.2. The minimum Gasteiger partial charge on any atom is -0.362 e. The average molecular weight is 369 g/mol. The lowest BCUT2D eigenvalue weighted by Crippen LogP contribution is -2.37. The molecule has 26 heavy (non-hydrogen) atoms. The zero-order valence-corrected chi connectivity index (χ0v) is 16.0. The van der Waals surface area contributed by atoms with Gasteiger partial charge < -0.3 is 10.6 Å². The maximum Gasteiger partial charge on any atom is 0.166 e. The molecule has 0 amide bonds. The number of aryl methyl sites for hydroxylation is 2. The van der Waals surface area contributed by atoms with Crippen molar-refractivity contribution in [1.29, 1.82) is 0 Å². The number of carbonyl (C=O) groups is 2. The van der Waals surface area contributed by atoms with E-state index in [1.807, 2.05) is 62.4 Å². The van der Waals surface area contributed by atoms with Crippen LogP contribution < -0.4 is 10.6 Å². The van der Waals surface area contributed by atoms with Gasteiger partial charge in [0.1, 0.15) is 0 Å². The van der Waals surface area contributed by atoms with Crippen LogP contribution in [-0.4, -0.2) is 29.8 Å². The predicted molar refractivity (Wildman–Crippen MR) is 109 cm³/mol. The van der Waals surface area contributed by atoms with E-state index in [2.05, 4.69) is 10.6 Å². The third-order valence-electron chi connectivity index (χ3n) is 4.02. The number of ketones is 2. The van der Waals surface area contributed by atoms with Crippen LogP contribution in [0.1, 0.15) is 44.7 Å². The maximum atomic E-state index is 12.1. The van der Waals surface area contributed by atoms with Gasteiger partial charge in [-0.05, 0) is 26.1 Å². The van der Waals surface area contributed by atoms with Crippen molar-refractivity contribution in [3.8, 4) is 0 Å². The van der Waals surface area contributed by atoms with E-state index in [1.54, 1.807) is 0 Å². The zero-order valence-electron chi connectivity index (χ0n) is 15.2. The molecule has 0 unspecified atom stereocenters. The van der Waals surface area contributed by atoms with E-state index >= 15 is 0 Å². The molecule has 0 saturated carbocycles. The molecule has 0 bridgehead atoms. The van der Waals surface area contributed by atoms with Gasteiger partial charge in [-0.2, -0.15) is 0 Å². The van der Waals surface area contributed by atoms with Crippen molar-refractivity contribution in [2.24, 2.45) is 0 Å². The van der Waals surface area contributed by atoms with Crippen LogP contribution in [0, 0.1) is 13.8 Å². The molecule has 0 atom stereocenters. The van der Waals surface area contributed by atoms with Crippen LogP contribution >= 0.6 is 12.2 Å². The Balaban J connectivity index is 1.64. The number of Topliss-reactive ketones (excluding diaryl/α,β-unsaturated/α-hetero) is 2. The summed E-state index contributed by atoms with van der Waals surface area (Å²) in [5.41, 5.74) is 3.68. The van der Waals surface area contributed by atoms with E-state index in [-0.39, 0.29) is 11.6 Å². The number of benzene rings is 2. The van der Waals surface area contributed by atoms with Crippen molar-refractivity contribution >= 4 is 28.9 Å². The van der Waals surface area contributed by atoms with Crippen LogP contribution in [0.3, 0.4) is 0 Å². The Bertz CT molecular complexity index is 702. The van der Waals surface area contributed by atoms with Gasteiger partial charge in [-0.1, -0.05) is 59.7 Å². The van der Waals surface area contributed by atoms with Gasteiger partial charge in [-0.3, -0.25) is 9.59 Å². The highest BCUT2D eigenvalue weighted by atomic mass is 32.1. The second-order valence-electron chi connectivity index (χ2n) is 6.26. The fourth-order valence-corrected chi connectivity index (χ4v) is 2.61. The SMILES string of the molecule is Cc1ccc(C(=O)CCNC(=S)NCCC(=O)c2ccc(C)cc2)cc1. The zero-order chi connectivity index (χ0) is 18.9. The molecule has 2 rings (SSSR count). The molecular formula is C21H24N2O2S. The molecule has 2 aromatic carbocycles. The molecule has 5 heteroatoms. The van der Waals surface area contributed by atoms with E-state index in [0.717, 1.165) is 11.1 Å². The minimum atomic E-state index is 0.0786. The van der Waals surface area contributed by atoms with Crippen molar-refractivity contribution in [3.05, 3.63) is 70.8 Å². The minimum absolute atomic E-state index is 0.0786. The van der Waals surface area contributed by atoms with Crippen LogP contribution in [0.2, 0.25) is 0 Å². The lowest BCUT2D eigenvalue weighted by Gasteiger charge is -2.10. The van der Waals surface area contributed by atoms with E-state index in [4.69, 9.17) is 12.2 Å². The summed E-state index contributed by atoms with van der Waals surface area (Å²) < 4.78 is 0. The Kier molecular flexibility index (Phi) is 7.48. The van der Waals surface area contributed by atoms with E-state index in [1.165, 1.54) is 0 Å². The summed E-state index contributed by atoms with van der Waals surface area (Å²) in [6.07, 6.45) is 0.736. The van der Waals surface area contributed by atoms with E-state index in [9.17, 15) is 9.59 Å². The summed E-state index contributed by atoms with van der Waals surface area (Å²) in [6.45, 7) is 4.90. The molecule has 2 aromatic rings. The third kappa shape index (κ3) is 6.41. The Morgan fingerprint density at radius 2 is 1.08 bits per heavy atom. The molecule has 0 aromatic heterocycles. The quantitative estimate of drug-likeness (QED) is 0.551. The Morgan fingerprint density at radius 3 is 1.42 bits per heavy atom. The van der Waals surface area contributed by atoms with Gasteiger partial charge in [0.25, 0.3) is 0 Å². The molecule has 0 heterocycles. The standard InChI is InChI=1S/C21H24N2O2S/c1-15-3-7-17(8-4-15)19(24)11-13-22-21(26)23-14-12-20(25)18-9-5-16(2)6-10-18/h3-10H,11-14H2,1-2H3,(H2,22,23,26). The lowest BCUT2D eigenvalue weighted by molar-refractivity contribution is 0.0977. The summed E-state index contributed by atoms with van der Waals surface area (Å²) in [5, 5.41) is 6.46. The Morgan fingerprint density at radius 1 is 0.731 bits per heavy atom. The van der Waals surface area contributed by atoms with Crippen molar-refractivity contribution in [2.45, 2.75) is 26.7 Å². The third-order valence-corrected chi connectivity index (χ3v) is 4.31. The fourth-order valence-electron chi connectivity index (χ4n) is 2.41. The van der Waals surface area contributed by atoms with Crippen LogP contribution in [0.5, 0.6) is 0 Å². The molecule has 0 aliphatic heterocycles. The summed E-state index contributed by atoms with van der Waals surface area (Å²) >= 11 is 5.18. The highest BCUT2D eigenvalue weighted by Crippen LogP contribution is 2.06. The van der Waals surface area contributed by atoms with Gasteiger partial charge in [0.2, 0.25) is 0 Å². The molecule has 0 aliphatic rings. The summed E-state index contributed by atoms with van der Waals surface area (Å²) in [4.78, 5) is 24.1. The number of thiocarbonyl (C=S) groups is 1. The van der Waals surface area contributed by atoms with Crippen LogP contribution in [0.4, 0.5) is 0 Å². The molecule has 0 radical (unpaired) electrons. The van der Waals surface area contributed by atoms with Gasteiger partial charge in [-0.25, -0.2) is 0 Å². The first-order valence-electron chi connectivity index (χ1n) is 8.67. The van der Waals surface area contributed by atoms with Gasteiger partial charge in [0, 0.05) is 37.1 Å². The van der Waals surface area contributed by atoms with Crippen LogP contribution in [-0.2, 0) is 0 Å². The van der Waals surface area contributed by atoms with Crippen molar-refractivity contribution in [1.82, 2.24) is 10.6 Å². The highest BCUT2D eigenvalue weighted by molar-refractivity contribution is 7.80. The first-order chi connectivity index (χ1) is 12.5. The second-order valence-corrected chi connectivity index (χ2v) is 6.67. The first-order valence-corrected chi connectivity index (χ1v) is 9.08. The number of hydrogen-bond acceptors (Lipinski definition) is 3. The molecule has 136 valence electrons. The van der Waals surface area contributed by atoms with Gasteiger partial charge >= 0.3 is 0 Å². The predicted octanol–water partition coefficient (Wildman–Crippen LogP) is 3.61. The first kappa shape index (κ1) is 19.8. The summed E-state index contributed by atoms with van der Waals surface area (Å²) in [7, 11) is 0. The monoisotopic (exact) mass is 368 g/mol. The Hall–Kier alpha value is -2.53. The van der Waals surface area contributed by atoms with E-state index < -0.39 is 0 Å². The van der Waals surface area contributed by atoms with Crippen molar-refractivity contribution < 1.29 is 9.59 Å². The summed E-state index contributed by atoms with van der Waals surface area (Å²) in [5.74, 6) is 0.157. The molecule has 0 spiro atoms. The van der Waals surface area contributed by atoms with Gasteiger partial charge in [0.05, 0.1) is 0 Å². The average Bonchev–Trinajstić information content (AvgIpc) is 2.62. The van der Waals surface area contributed by atoms with Crippen molar-refractivity contribution in [3.63, 3.8) is 0 Å². The second kappa shape index (κ2) is 9.82. The molecule has 4 nitrogen and oxygen atoms in total. The molecule has 0 saturated heterocycles. The summed E-state index contributed by atoms with van der Waals surface area (Å²) in [6, 6.07) is 15.1.